The summed E-state index contributed by atoms with van der Waals surface area (Å²) in [7, 11) is 0. The van der Waals surface area contributed by atoms with Crippen molar-refractivity contribution in [1.82, 2.24) is 5.32 Å². The number of amides is 1. The molecule has 0 aromatic carbocycles. The van der Waals surface area contributed by atoms with Gasteiger partial charge in [-0.15, -0.1) is 0 Å². The Bertz CT molecular complexity index is 551. The maximum atomic E-state index is 13.3. The third kappa shape index (κ3) is 2.43. The van der Waals surface area contributed by atoms with Crippen molar-refractivity contribution in [3.63, 3.8) is 0 Å². The van der Waals surface area contributed by atoms with Crippen LogP contribution in [-0.4, -0.2) is 17.6 Å². The molecule has 0 aliphatic heterocycles. The van der Waals surface area contributed by atoms with Gasteiger partial charge in [-0.3, -0.25) is 4.79 Å². The summed E-state index contributed by atoms with van der Waals surface area (Å²) in [5.74, 6) is -0.215. The van der Waals surface area contributed by atoms with E-state index in [4.69, 9.17) is 0 Å². The van der Waals surface area contributed by atoms with E-state index in [2.05, 4.69) is 11.4 Å². The van der Waals surface area contributed by atoms with Gasteiger partial charge in [-0.2, -0.15) is 18.4 Å². The minimum absolute atomic E-state index is 0.283. The third-order valence-electron chi connectivity index (χ3n) is 6.51. The lowest BCUT2D eigenvalue weighted by molar-refractivity contribution is -0.219. The minimum Gasteiger partial charge on any atom is -0.350 e. The van der Waals surface area contributed by atoms with Crippen molar-refractivity contribution in [2.75, 3.05) is 0 Å². The van der Waals surface area contributed by atoms with Crippen molar-refractivity contribution in [1.29, 1.82) is 5.26 Å². The summed E-state index contributed by atoms with van der Waals surface area (Å²) >= 11 is 0. The molecule has 3 nitrogen and oxygen atoms in total. The largest absolute Gasteiger partial charge is 0.402 e. The molecule has 23 heavy (non-hydrogen) atoms. The molecular formula is C17H23F3N2O. The van der Waals surface area contributed by atoms with Gasteiger partial charge in [0.2, 0.25) is 5.91 Å². The lowest BCUT2D eigenvalue weighted by Gasteiger charge is -2.60. The first-order chi connectivity index (χ1) is 10.6. The van der Waals surface area contributed by atoms with E-state index in [0.717, 1.165) is 39.0 Å². The van der Waals surface area contributed by atoms with Gasteiger partial charge in [-0.25, -0.2) is 0 Å². The molecule has 0 spiro atoms. The predicted molar refractivity (Wildman–Crippen MR) is 78.1 cm³/mol. The number of hydrogen-bond acceptors (Lipinski definition) is 2. The SMILES string of the molecule is CCC(C)(C(=O)NC12CC3CC(CC(C#N)(C3)C1)C2)C(F)(F)F. The van der Waals surface area contributed by atoms with Crippen LogP contribution in [0.3, 0.4) is 0 Å². The molecule has 6 heteroatoms. The van der Waals surface area contributed by atoms with Gasteiger partial charge in [0.25, 0.3) is 0 Å². The monoisotopic (exact) mass is 328 g/mol. The molecule has 1 N–H and O–H groups in total. The van der Waals surface area contributed by atoms with Crippen LogP contribution in [0.2, 0.25) is 0 Å². The Morgan fingerprint density at radius 1 is 1.26 bits per heavy atom. The smallest absolute Gasteiger partial charge is 0.350 e. The quantitative estimate of drug-likeness (QED) is 0.853. The minimum atomic E-state index is -4.57. The summed E-state index contributed by atoms with van der Waals surface area (Å²) in [6.45, 7) is 2.37. The van der Waals surface area contributed by atoms with E-state index in [1.54, 1.807) is 0 Å². The van der Waals surface area contributed by atoms with E-state index in [9.17, 15) is 23.2 Å². The Balaban J connectivity index is 1.85. The molecule has 4 fully saturated rings. The molecule has 4 aliphatic rings. The van der Waals surface area contributed by atoms with Crippen molar-refractivity contribution < 1.29 is 18.0 Å². The Labute approximate surface area is 134 Å². The third-order valence-corrected chi connectivity index (χ3v) is 6.51. The number of nitrogens with zero attached hydrogens (tertiary/aromatic N) is 1. The van der Waals surface area contributed by atoms with E-state index >= 15 is 0 Å². The van der Waals surface area contributed by atoms with Crippen LogP contribution < -0.4 is 5.32 Å². The molecule has 128 valence electrons. The molecule has 3 atom stereocenters. The zero-order chi connectivity index (χ0) is 17.1. The highest BCUT2D eigenvalue weighted by Crippen LogP contribution is 2.61. The van der Waals surface area contributed by atoms with Crippen molar-refractivity contribution in [3.05, 3.63) is 0 Å². The van der Waals surface area contributed by atoms with Gasteiger partial charge in [0.1, 0.15) is 5.41 Å². The molecule has 0 aromatic heterocycles. The van der Waals surface area contributed by atoms with E-state index in [-0.39, 0.29) is 6.42 Å². The molecule has 0 heterocycles. The molecule has 1 amide bonds. The molecule has 3 unspecified atom stereocenters. The highest BCUT2D eigenvalue weighted by molar-refractivity contribution is 5.84. The molecule has 0 radical (unpaired) electrons. The average molecular weight is 328 g/mol. The van der Waals surface area contributed by atoms with Crippen molar-refractivity contribution in [2.24, 2.45) is 22.7 Å². The van der Waals surface area contributed by atoms with Crippen LogP contribution in [0, 0.1) is 34.0 Å². The highest BCUT2D eigenvalue weighted by Gasteiger charge is 2.61. The Hall–Kier alpha value is -1.25. The van der Waals surface area contributed by atoms with Gasteiger partial charge >= 0.3 is 6.18 Å². The summed E-state index contributed by atoms with van der Waals surface area (Å²) in [5.41, 5.74) is -3.42. The maximum absolute atomic E-state index is 13.3. The fourth-order valence-corrected chi connectivity index (χ4v) is 5.41. The highest BCUT2D eigenvalue weighted by atomic mass is 19.4. The Kier molecular flexibility index (Phi) is 3.52. The molecular weight excluding hydrogens is 305 g/mol. The van der Waals surface area contributed by atoms with Crippen LogP contribution in [0.5, 0.6) is 0 Å². The standard InChI is InChI=1S/C17H23F3N2O/c1-3-14(2,17(18,19)20)13(23)22-16-7-11-4-12(8-16)6-15(5-11,9-16)10-21/h11-12H,3-9H2,1-2H3,(H,22,23). The molecule has 4 saturated carbocycles. The van der Waals surface area contributed by atoms with Gasteiger partial charge in [-0.05, 0) is 63.7 Å². The van der Waals surface area contributed by atoms with Crippen molar-refractivity contribution in [3.8, 4) is 6.07 Å². The number of nitriles is 1. The number of nitrogens with one attached hydrogen (secondary N) is 1. The number of rotatable bonds is 3. The summed E-state index contributed by atoms with van der Waals surface area (Å²) in [4.78, 5) is 12.5. The van der Waals surface area contributed by atoms with Crippen LogP contribution in [0.4, 0.5) is 13.2 Å². The van der Waals surface area contributed by atoms with Crippen LogP contribution in [0.1, 0.15) is 58.8 Å². The average Bonchev–Trinajstić information content (AvgIpc) is 2.43. The van der Waals surface area contributed by atoms with E-state index in [0.29, 0.717) is 18.3 Å². The van der Waals surface area contributed by atoms with E-state index < -0.39 is 28.5 Å². The van der Waals surface area contributed by atoms with Crippen molar-refractivity contribution >= 4 is 5.91 Å². The summed E-state index contributed by atoms with van der Waals surface area (Å²) in [6.07, 6.45) is -0.190. The molecule has 0 saturated heterocycles. The first-order valence-electron chi connectivity index (χ1n) is 8.38. The molecule has 0 aromatic rings. The number of alkyl halides is 3. The number of halogens is 3. The second-order valence-electron chi connectivity index (χ2n) is 8.27. The van der Waals surface area contributed by atoms with Gasteiger partial charge in [0.05, 0.1) is 11.5 Å². The fraction of sp³-hybridized carbons (Fsp3) is 0.882. The number of hydrogen-bond donors (Lipinski definition) is 1. The molecule has 4 aliphatic carbocycles. The number of carbonyl (C=O) groups excluding carboxylic acids is 1. The zero-order valence-corrected chi connectivity index (χ0v) is 13.6. The van der Waals surface area contributed by atoms with Crippen LogP contribution >= 0.6 is 0 Å². The summed E-state index contributed by atoms with van der Waals surface area (Å²) in [6, 6.07) is 2.42. The normalized spacial score (nSPS) is 41.2. The fourth-order valence-electron chi connectivity index (χ4n) is 5.41. The lowest BCUT2D eigenvalue weighted by atomic mass is 9.47. The first kappa shape index (κ1) is 16.6. The summed E-state index contributed by atoms with van der Waals surface area (Å²) in [5, 5.41) is 12.3. The summed E-state index contributed by atoms with van der Waals surface area (Å²) < 4.78 is 40.0. The van der Waals surface area contributed by atoms with Gasteiger partial charge in [0.15, 0.2) is 0 Å². The lowest BCUT2D eigenvalue weighted by Crippen LogP contribution is -2.65. The predicted octanol–water partition coefficient (Wildman–Crippen LogP) is 3.94. The van der Waals surface area contributed by atoms with Crippen LogP contribution in [0.15, 0.2) is 0 Å². The Morgan fingerprint density at radius 2 is 1.83 bits per heavy atom. The van der Waals surface area contributed by atoms with Gasteiger partial charge < -0.3 is 5.32 Å². The van der Waals surface area contributed by atoms with E-state index in [1.165, 1.54) is 6.92 Å². The second-order valence-corrected chi connectivity index (χ2v) is 8.27. The van der Waals surface area contributed by atoms with Gasteiger partial charge in [-0.1, -0.05) is 6.92 Å². The zero-order valence-electron chi connectivity index (χ0n) is 13.6. The van der Waals surface area contributed by atoms with Crippen LogP contribution in [-0.2, 0) is 4.79 Å². The maximum Gasteiger partial charge on any atom is 0.402 e. The van der Waals surface area contributed by atoms with Gasteiger partial charge in [0, 0.05) is 5.54 Å². The van der Waals surface area contributed by atoms with Crippen molar-refractivity contribution in [2.45, 2.75) is 70.5 Å². The van der Waals surface area contributed by atoms with E-state index in [1.807, 2.05) is 0 Å². The topological polar surface area (TPSA) is 52.9 Å². The second kappa shape index (κ2) is 4.87. The van der Waals surface area contributed by atoms with Crippen LogP contribution in [0.25, 0.3) is 0 Å². The molecule has 4 rings (SSSR count). The number of carbonyl (C=O) groups is 1. The Morgan fingerprint density at radius 3 is 2.26 bits per heavy atom. The first-order valence-corrected chi connectivity index (χ1v) is 8.38. The molecule has 4 bridgehead atoms.